The Labute approximate surface area is 256 Å². The van der Waals surface area contributed by atoms with Gasteiger partial charge >= 0.3 is 0 Å². The van der Waals surface area contributed by atoms with Crippen LogP contribution in [0.4, 0.5) is 0 Å². The minimum Gasteiger partial charge on any atom is -0.388 e. The number of benzene rings is 1. The molecule has 7 heteroatoms. The molecule has 0 bridgehead atoms. The first-order valence-corrected chi connectivity index (χ1v) is 17.0. The van der Waals surface area contributed by atoms with Crippen molar-refractivity contribution < 1.29 is 29.6 Å². The molecule has 0 spiro atoms. The van der Waals surface area contributed by atoms with Gasteiger partial charge in [0.1, 0.15) is 24.4 Å². The summed E-state index contributed by atoms with van der Waals surface area (Å²) in [5.74, 6) is 0.0507. The van der Waals surface area contributed by atoms with Crippen molar-refractivity contribution in [3.05, 3.63) is 35.9 Å². The van der Waals surface area contributed by atoms with Crippen LogP contribution >= 0.6 is 0 Å². The summed E-state index contributed by atoms with van der Waals surface area (Å²) < 4.78 is 10.9. The van der Waals surface area contributed by atoms with Gasteiger partial charge in [-0.05, 0) is 31.2 Å². The van der Waals surface area contributed by atoms with Gasteiger partial charge in [-0.2, -0.15) is 0 Å². The molecule has 0 unspecified atom stereocenters. The molecule has 0 saturated carbocycles. The zero-order chi connectivity index (χ0) is 30.4. The predicted molar refractivity (Wildman–Crippen MR) is 169 cm³/mol. The molecule has 1 aliphatic heterocycles. The Morgan fingerprint density at radius 2 is 1.29 bits per heavy atom. The van der Waals surface area contributed by atoms with Gasteiger partial charge in [0, 0.05) is 26.6 Å². The summed E-state index contributed by atoms with van der Waals surface area (Å²) in [6.45, 7) is 2.99. The van der Waals surface area contributed by atoms with Crippen molar-refractivity contribution in [2.45, 2.75) is 160 Å². The van der Waals surface area contributed by atoms with Crippen molar-refractivity contribution in [1.29, 1.82) is 0 Å². The Hall–Kier alpha value is -1.51. The lowest BCUT2D eigenvalue weighted by Gasteiger charge is -2.41. The number of hydrogen-bond acceptors (Lipinski definition) is 6. The summed E-state index contributed by atoms with van der Waals surface area (Å²) in [5, 5.41) is 31.0. The molecule has 7 nitrogen and oxygen atoms in total. The van der Waals surface area contributed by atoms with E-state index in [4.69, 9.17) is 9.47 Å². The zero-order valence-electron chi connectivity index (χ0n) is 26.6. The predicted octanol–water partition coefficient (Wildman–Crippen LogP) is 6.55. The highest BCUT2D eigenvalue weighted by molar-refractivity contribution is 5.76. The van der Waals surface area contributed by atoms with Gasteiger partial charge in [0.2, 0.25) is 5.91 Å². The van der Waals surface area contributed by atoms with E-state index in [1.165, 1.54) is 89.7 Å². The number of unbranched alkanes of at least 4 members (excludes halogenated alkanes) is 15. The summed E-state index contributed by atoms with van der Waals surface area (Å²) >= 11 is 0. The van der Waals surface area contributed by atoms with Crippen molar-refractivity contribution in [3.63, 3.8) is 0 Å². The van der Waals surface area contributed by atoms with Crippen LogP contribution in [0.1, 0.15) is 128 Å². The fraction of sp³-hybridized carbons (Fsp3) is 0.800. The van der Waals surface area contributed by atoms with E-state index in [1.54, 1.807) is 4.90 Å². The van der Waals surface area contributed by atoms with E-state index in [9.17, 15) is 20.1 Å². The zero-order valence-corrected chi connectivity index (χ0v) is 26.6. The molecular formula is C35H61NO6. The minimum absolute atomic E-state index is 0.0507. The number of carbonyl (C=O) groups excluding carboxylic acids is 1. The van der Waals surface area contributed by atoms with Gasteiger partial charge in [0.05, 0.1) is 0 Å². The highest BCUT2D eigenvalue weighted by Gasteiger charge is 2.44. The number of aryl methyl sites for hydroxylation is 1. The van der Waals surface area contributed by atoms with Crippen molar-refractivity contribution in [2.75, 3.05) is 20.2 Å². The summed E-state index contributed by atoms with van der Waals surface area (Å²) in [6.07, 6.45) is 16.6. The van der Waals surface area contributed by atoms with Crippen molar-refractivity contribution in [3.8, 4) is 0 Å². The summed E-state index contributed by atoms with van der Waals surface area (Å²) in [6, 6.07) is 10.3. The van der Waals surface area contributed by atoms with E-state index < -0.39 is 30.7 Å². The topological polar surface area (TPSA) is 99.5 Å². The van der Waals surface area contributed by atoms with Gasteiger partial charge in [-0.15, -0.1) is 0 Å². The van der Waals surface area contributed by atoms with Gasteiger partial charge < -0.3 is 29.7 Å². The Kier molecular flexibility index (Phi) is 20.0. The van der Waals surface area contributed by atoms with Crippen LogP contribution in [0.2, 0.25) is 0 Å². The van der Waals surface area contributed by atoms with E-state index in [-0.39, 0.29) is 12.5 Å². The second-order valence-corrected chi connectivity index (χ2v) is 12.2. The molecule has 42 heavy (non-hydrogen) atoms. The first-order chi connectivity index (χ1) is 20.5. The van der Waals surface area contributed by atoms with Gasteiger partial charge in [-0.3, -0.25) is 4.79 Å². The number of ether oxygens (including phenoxy) is 2. The van der Waals surface area contributed by atoms with E-state index >= 15 is 0 Å². The third-order valence-corrected chi connectivity index (χ3v) is 8.63. The molecule has 1 fully saturated rings. The third-order valence-electron chi connectivity index (χ3n) is 8.63. The van der Waals surface area contributed by atoms with Crippen LogP contribution in [0.3, 0.4) is 0 Å². The number of amides is 1. The number of hydrogen-bond donors (Lipinski definition) is 3. The van der Waals surface area contributed by atoms with Crippen LogP contribution in [0.25, 0.3) is 0 Å². The second-order valence-electron chi connectivity index (χ2n) is 12.2. The lowest BCUT2D eigenvalue weighted by Crippen LogP contribution is -2.60. The summed E-state index contributed by atoms with van der Waals surface area (Å²) in [4.78, 5) is 15.0. The number of carbonyl (C=O) groups is 1. The first kappa shape index (κ1) is 36.7. The molecule has 1 amide bonds. The van der Waals surface area contributed by atoms with Crippen LogP contribution in [-0.4, -0.2) is 77.0 Å². The average Bonchev–Trinajstić information content (AvgIpc) is 3.01. The number of methoxy groups -OCH3 is 1. The summed E-state index contributed by atoms with van der Waals surface area (Å²) in [7, 11) is 1.39. The van der Waals surface area contributed by atoms with E-state index in [2.05, 4.69) is 19.1 Å². The molecule has 1 heterocycles. The molecule has 242 valence electrons. The SMILES string of the molecule is CCCCCCCCCCCCCCCCCC(=O)N(CCCCc1ccccc1)C[C@H]1O[C@H](OC)[C@H](O)[C@@H](O)[C@@H]1O. The highest BCUT2D eigenvalue weighted by atomic mass is 16.7. The maximum atomic E-state index is 13.3. The van der Waals surface area contributed by atoms with Crippen LogP contribution < -0.4 is 0 Å². The fourth-order valence-electron chi connectivity index (χ4n) is 5.88. The second kappa shape index (κ2) is 22.9. The molecule has 1 aliphatic rings. The fourth-order valence-corrected chi connectivity index (χ4v) is 5.88. The average molecular weight is 592 g/mol. The van der Waals surface area contributed by atoms with Crippen molar-refractivity contribution in [1.82, 2.24) is 4.90 Å². The molecule has 0 aliphatic carbocycles. The molecular weight excluding hydrogens is 530 g/mol. The van der Waals surface area contributed by atoms with Gasteiger partial charge in [-0.25, -0.2) is 0 Å². The standard InChI is InChI=1S/C35H61NO6/c1-3-4-5-6-7-8-9-10-11-12-13-14-15-16-20-26-31(37)36(27-22-21-25-29-23-18-17-19-24-29)28-30-32(38)33(39)34(40)35(41-2)42-30/h17-19,23-24,30,32-35,38-40H,3-16,20-22,25-28H2,1-2H3/t30-,32-,33+,34-,35+/m1/s1. The quantitative estimate of drug-likeness (QED) is 0.118. The first-order valence-electron chi connectivity index (χ1n) is 17.0. The van der Waals surface area contributed by atoms with Crippen molar-refractivity contribution >= 4 is 5.91 Å². The number of aliphatic hydroxyl groups excluding tert-OH is 3. The van der Waals surface area contributed by atoms with Crippen LogP contribution in [0, 0.1) is 0 Å². The third kappa shape index (κ3) is 14.8. The van der Waals surface area contributed by atoms with Crippen molar-refractivity contribution in [2.24, 2.45) is 0 Å². The molecule has 3 N–H and O–H groups in total. The van der Waals surface area contributed by atoms with E-state index in [1.807, 2.05) is 18.2 Å². The van der Waals surface area contributed by atoms with Crippen LogP contribution in [-0.2, 0) is 20.7 Å². The maximum Gasteiger partial charge on any atom is 0.222 e. The molecule has 0 aromatic heterocycles. The molecule has 1 aromatic carbocycles. The number of rotatable bonds is 24. The van der Waals surface area contributed by atoms with E-state index in [0.717, 1.165) is 38.5 Å². The molecule has 2 rings (SSSR count). The Bertz CT molecular complexity index is 791. The maximum absolute atomic E-state index is 13.3. The normalized spacial score (nSPS) is 22.4. The van der Waals surface area contributed by atoms with Gasteiger partial charge in [0.15, 0.2) is 6.29 Å². The largest absolute Gasteiger partial charge is 0.388 e. The number of aliphatic hydroxyl groups is 3. The van der Waals surface area contributed by atoms with Crippen LogP contribution in [0.5, 0.6) is 0 Å². The Morgan fingerprint density at radius 3 is 1.83 bits per heavy atom. The minimum atomic E-state index is -1.39. The number of nitrogens with zero attached hydrogens (tertiary/aromatic N) is 1. The molecule has 1 aromatic rings. The van der Waals surface area contributed by atoms with Gasteiger partial charge in [-0.1, -0.05) is 127 Å². The van der Waals surface area contributed by atoms with E-state index in [0.29, 0.717) is 13.0 Å². The molecule has 1 saturated heterocycles. The lowest BCUT2D eigenvalue weighted by atomic mass is 9.98. The summed E-state index contributed by atoms with van der Waals surface area (Å²) in [5.41, 5.74) is 1.28. The Morgan fingerprint density at radius 1 is 0.738 bits per heavy atom. The Balaban J connectivity index is 1.68. The van der Waals surface area contributed by atoms with Crippen LogP contribution in [0.15, 0.2) is 30.3 Å². The smallest absolute Gasteiger partial charge is 0.222 e. The molecule has 0 radical (unpaired) electrons. The molecule has 5 atom stereocenters. The highest BCUT2D eigenvalue weighted by Crippen LogP contribution is 2.23. The lowest BCUT2D eigenvalue weighted by molar-refractivity contribution is -0.291. The monoisotopic (exact) mass is 591 g/mol. The van der Waals surface area contributed by atoms with Gasteiger partial charge in [0.25, 0.3) is 0 Å².